The number of rotatable bonds is 4. The number of fused-ring (bicyclic) bond motifs is 1. The molecule has 1 aromatic heterocycles. The number of aromatic nitrogens is 1. The maximum atomic E-state index is 12.2. The van der Waals surface area contributed by atoms with Crippen molar-refractivity contribution in [1.82, 2.24) is 9.88 Å². The van der Waals surface area contributed by atoms with E-state index in [0.717, 1.165) is 48.6 Å². The van der Waals surface area contributed by atoms with Crippen molar-refractivity contribution in [2.75, 3.05) is 25.0 Å². The number of piperidine rings is 1. The first kappa shape index (κ1) is 17.1. The average Bonchev–Trinajstić information content (AvgIpc) is 3.08. The van der Waals surface area contributed by atoms with Crippen molar-refractivity contribution in [2.24, 2.45) is 0 Å². The van der Waals surface area contributed by atoms with Gasteiger partial charge in [-0.05, 0) is 62.3 Å². The summed E-state index contributed by atoms with van der Waals surface area (Å²) < 4.78 is 5.89. The third-order valence-electron chi connectivity index (χ3n) is 4.74. The molecular weight excluding hydrogens is 350 g/mol. The Morgan fingerprint density at radius 3 is 2.62 bits per heavy atom. The van der Waals surface area contributed by atoms with E-state index < -0.39 is 0 Å². The molecule has 6 heteroatoms. The van der Waals surface area contributed by atoms with E-state index in [9.17, 15) is 4.79 Å². The van der Waals surface area contributed by atoms with Crippen LogP contribution in [-0.4, -0.2) is 35.4 Å². The van der Waals surface area contributed by atoms with Gasteiger partial charge >= 0.3 is 0 Å². The number of anilines is 1. The molecular formula is C20H20ClN3O2. The van der Waals surface area contributed by atoms with Gasteiger partial charge in [-0.1, -0.05) is 23.7 Å². The van der Waals surface area contributed by atoms with Crippen LogP contribution in [-0.2, 0) is 4.79 Å². The Bertz CT molecular complexity index is 866. The van der Waals surface area contributed by atoms with Crippen molar-refractivity contribution in [3.63, 3.8) is 0 Å². The number of para-hydroxylation sites is 2. The lowest BCUT2D eigenvalue weighted by atomic mass is 9.97. The third kappa shape index (κ3) is 3.89. The van der Waals surface area contributed by atoms with Gasteiger partial charge in [-0.3, -0.25) is 9.69 Å². The highest BCUT2D eigenvalue weighted by atomic mass is 35.5. The molecule has 2 aromatic carbocycles. The fourth-order valence-corrected chi connectivity index (χ4v) is 3.47. The molecule has 0 bridgehead atoms. The summed E-state index contributed by atoms with van der Waals surface area (Å²) in [6.45, 7) is 2.11. The Morgan fingerprint density at radius 2 is 1.88 bits per heavy atom. The van der Waals surface area contributed by atoms with Crippen LogP contribution in [0.2, 0.25) is 5.02 Å². The molecule has 3 aromatic rings. The van der Waals surface area contributed by atoms with Gasteiger partial charge in [0.05, 0.1) is 6.54 Å². The summed E-state index contributed by atoms with van der Waals surface area (Å²) in [6, 6.07) is 15.0. The minimum Gasteiger partial charge on any atom is -0.440 e. The van der Waals surface area contributed by atoms with E-state index in [1.165, 1.54) is 0 Å². The molecule has 1 saturated heterocycles. The zero-order chi connectivity index (χ0) is 17.9. The second-order valence-electron chi connectivity index (χ2n) is 6.63. The molecule has 134 valence electrons. The summed E-state index contributed by atoms with van der Waals surface area (Å²) >= 11 is 5.86. The molecule has 1 aliphatic rings. The van der Waals surface area contributed by atoms with Crippen LogP contribution in [0.4, 0.5) is 5.69 Å². The highest BCUT2D eigenvalue weighted by molar-refractivity contribution is 6.30. The van der Waals surface area contributed by atoms with Crippen molar-refractivity contribution < 1.29 is 9.21 Å². The lowest BCUT2D eigenvalue weighted by molar-refractivity contribution is -0.117. The number of hydrogen-bond acceptors (Lipinski definition) is 4. The van der Waals surface area contributed by atoms with E-state index in [2.05, 4.69) is 15.2 Å². The molecule has 0 atom stereocenters. The van der Waals surface area contributed by atoms with Crippen molar-refractivity contribution in [3.05, 3.63) is 59.4 Å². The number of carbonyl (C=O) groups excluding carboxylic acids is 1. The Labute approximate surface area is 157 Å². The number of benzene rings is 2. The third-order valence-corrected chi connectivity index (χ3v) is 4.99. The van der Waals surface area contributed by atoms with Crippen LogP contribution in [0, 0.1) is 0 Å². The van der Waals surface area contributed by atoms with Crippen LogP contribution in [0.15, 0.2) is 52.9 Å². The summed E-state index contributed by atoms with van der Waals surface area (Å²) in [4.78, 5) is 19.0. The van der Waals surface area contributed by atoms with Gasteiger partial charge in [0.25, 0.3) is 0 Å². The van der Waals surface area contributed by atoms with Gasteiger partial charge in [0.15, 0.2) is 11.5 Å². The molecule has 0 radical (unpaired) electrons. The first-order chi connectivity index (χ1) is 12.7. The van der Waals surface area contributed by atoms with Crippen molar-refractivity contribution in [3.8, 4) is 0 Å². The summed E-state index contributed by atoms with van der Waals surface area (Å²) in [7, 11) is 0. The molecule has 2 heterocycles. The van der Waals surface area contributed by atoms with Crippen molar-refractivity contribution in [1.29, 1.82) is 0 Å². The average molecular weight is 370 g/mol. The number of nitrogens with one attached hydrogen (secondary N) is 1. The summed E-state index contributed by atoms with van der Waals surface area (Å²) in [5.41, 5.74) is 2.51. The lowest BCUT2D eigenvalue weighted by Crippen LogP contribution is -2.38. The molecule has 1 fully saturated rings. The van der Waals surface area contributed by atoms with Gasteiger partial charge in [-0.2, -0.15) is 0 Å². The van der Waals surface area contributed by atoms with E-state index in [1.54, 1.807) is 24.3 Å². The van der Waals surface area contributed by atoms with E-state index in [0.29, 0.717) is 17.5 Å². The Kier molecular flexibility index (Phi) is 4.91. The van der Waals surface area contributed by atoms with Crippen molar-refractivity contribution >= 4 is 34.3 Å². The van der Waals surface area contributed by atoms with E-state index in [1.807, 2.05) is 24.3 Å². The van der Waals surface area contributed by atoms with E-state index in [4.69, 9.17) is 16.0 Å². The van der Waals surface area contributed by atoms with Crippen molar-refractivity contribution in [2.45, 2.75) is 18.8 Å². The first-order valence-electron chi connectivity index (χ1n) is 8.80. The number of oxazole rings is 1. The molecule has 0 aliphatic carbocycles. The molecule has 1 amide bonds. The number of amides is 1. The quantitative estimate of drug-likeness (QED) is 0.744. The highest BCUT2D eigenvalue weighted by Crippen LogP contribution is 2.29. The van der Waals surface area contributed by atoms with Gasteiger partial charge < -0.3 is 9.73 Å². The zero-order valence-corrected chi connectivity index (χ0v) is 15.1. The van der Waals surface area contributed by atoms with Gasteiger partial charge in [-0.25, -0.2) is 4.98 Å². The topological polar surface area (TPSA) is 58.4 Å². The number of carbonyl (C=O) groups is 1. The van der Waals surface area contributed by atoms with Crippen LogP contribution in [0.25, 0.3) is 11.1 Å². The van der Waals surface area contributed by atoms with E-state index >= 15 is 0 Å². The van der Waals surface area contributed by atoms with E-state index in [-0.39, 0.29) is 5.91 Å². The molecule has 5 nitrogen and oxygen atoms in total. The van der Waals surface area contributed by atoms with Crippen LogP contribution in [0.1, 0.15) is 24.7 Å². The number of likely N-dealkylation sites (tertiary alicyclic amines) is 1. The number of hydrogen-bond donors (Lipinski definition) is 1. The van der Waals surface area contributed by atoms with Crippen LogP contribution < -0.4 is 5.32 Å². The Morgan fingerprint density at radius 1 is 1.15 bits per heavy atom. The maximum Gasteiger partial charge on any atom is 0.238 e. The summed E-state index contributed by atoms with van der Waals surface area (Å²) in [6.07, 6.45) is 1.89. The SMILES string of the molecule is O=C(CN1CCC(c2nc3ccccc3o2)CC1)Nc1ccc(Cl)cc1. The molecule has 0 saturated carbocycles. The number of halogens is 1. The normalized spacial score (nSPS) is 16.0. The molecule has 0 spiro atoms. The summed E-state index contributed by atoms with van der Waals surface area (Å²) in [5.74, 6) is 1.13. The van der Waals surface area contributed by atoms with Gasteiger partial charge in [0, 0.05) is 16.6 Å². The molecule has 26 heavy (non-hydrogen) atoms. The Balaban J connectivity index is 1.30. The fourth-order valence-electron chi connectivity index (χ4n) is 3.34. The monoisotopic (exact) mass is 369 g/mol. The Hall–Kier alpha value is -2.37. The molecule has 4 rings (SSSR count). The minimum atomic E-state index is -0.00682. The van der Waals surface area contributed by atoms with Crippen LogP contribution in [0.5, 0.6) is 0 Å². The smallest absolute Gasteiger partial charge is 0.238 e. The van der Waals surface area contributed by atoms with Crippen LogP contribution in [0.3, 0.4) is 0 Å². The molecule has 0 unspecified atom stereocenters. The predicted octanol–water partition coefficient (Wildman–Crippen LogP) is 4.30. The lowest BCUT2D eigenvalue weighted by Gasteiger charge is -2.29. The predicted molar refractivity (Wildman–Crippen MR) is 103 cm³/mol. The van der Waals surface area contributed by atoms with Gasteiger partial charge in [-0.15, -0.1) is 0 Å². The van der Waals surface area contributed by atoms with Gasteiger partial charge in [0.1, 0.15) is 5.52 Å². The maximum absolute atomic E-state index is 12.2. The zero-order valence-electron chi connectivity index (χ0n) is 14.3. The molecule has 1 N–H and O–H groups in total. The largest absolute Gasteiger partial charge is 0.440 e. The second-order valence-corrected chi connectivity index (χ2v) is 7.06. The fraction of sp³-hybridized carbons (Fsp3) is 0.300. The summed E-state index contributed by atoms with van der Waals surface area (Å²) in [5, 5.41) is 3.56. The second kappa shape index (κ2) is 7.48. The molecule has 1 aliphatic heterocycles. The van der Waals surface area contributed by atoms with Gasteiger partial charge in [0.2, 0.25) is 5.91 Å². The highest BCUT2D eigenvalue weighted by Gasteiger charge is 2.25. The first-order valence-corrected chi connectivity index (χ1v) is 9.18. The number of nitrogens with zero attached hydrogens (tertiary/aromatic N) is 2. The minimum absolute atomic E-state index is 0.00682. The standard InChI is InChI=1S/C20H20ClN3O2/c21-15-5-7-16(8-6-15)22-19(25)13-24-11-9-14(10-12-24)20-23-17-3-1-2-4-18(17)26-20/h1-8,14H,9-13H2,(H,22,25). The van der Waals surface area contributed by atoms with Crippen LogP contribution >= 0.6 is 11.6 Å².